The number of anilines is 1. The zero-order valence-corrected chi connectivity index (χ0v) is 17.9. The van der Waals surface area contributed by atoms with Crippen molar-refractivity contribution in [1.29, 1.82) is 0 Å². The van der Waals surface area contributed by atoms with Crippen LogP contribution in [0.25, 0.3) is 11.4 Å². The number of thioether (sulfide) groups is 1. The largest absolute Gasteiger partial charge is 0.497 e. The summed E-state index contributed by atoms with van der Waals surface area (Å²) >= 11 is 2.79. The standard InChI is InChI=1S/C19H23N5O2S2/c1-12(2)11-24-16(14-5-7-15(26-4)8-6-14)22-23-19(24)28-13(3)17(25)21-18-20-9-10-27-18/h5-10,12-13H,11H2,1-4H3,(H,20,21,25)/t13-/m1/s1. The van der Waals surface area contributed by atoms with Crippen LogP contribution in [0.2, 0.25) is 0 Å². The molecule has 3 aromatic rings. The van der Waals surface area contributed by atoms with E-state index in [1.807, 2.05) is 36.6 Å². The van der Waals surface area contributed by atoms with Gasteiger partial charge in [0.05, 0.1) is 12.4 Å². The Hall–Kier alpha value is -2.39. The van der Waals surface area contributed by atoms with E-state index in [0.717, 1.165) is 28.8 Å². The van der Waals surface area contributed by atoms with E-state index >= 15 is 0 Å². The minimum atomic E-state index is -0.331. The predicted octanol–water partition coefficient (Wildman–Crippen LogP) is 4.19. The average Bonchev–Trinajstić information content (AvgIpc) is 3.32. The Bertz CT molecular complexity index is 907. The van der Waals surface area contributed by atoms with Gasteiger partial charge in [-0.3, -0.25) is 4.79 Å². The second kappa shape index (κ2) is 9.20. The highest BCUT2D eigenvalue weighted by Gasteiger charge is 2.22. The van der Waals surface area contributed by atoms with Gasteiger partial charge in [0.1, 0.15) is 5.75 Å². The van der Waals surface area contributed by atoms with Gasteiger partial charge in [-0.05, 0) is 37.1 Å². The van der Waals surface area contributed by atoms with Gasteiger partial charge in [-0.2, -0.15) is 0 Å². The van der Waals surface area contributed by atoms with E-state index in [4.69, 9.17) is 4.74 Å². The van der Waals surface area contributed by atoms with Gasteiger partial charge in [-0.15, -0.1) is 21.5 Å². The van der Waals surface area contributed by atoms with Crippen molar-refractivity contribution < 1.29 is 9.53 Å². The van der Waals surface area contributed by atoms with Gasteiger partial charge in [-0.1, -0.05) is 25.6 Å². The van der Waals surface area contributed by atoms with Crippen LogP contribution in [0.15, 0.2) is 41.0 Å². The highest BCUT2D eigenvalue weighted by atomic mass is 32.2. The number of benzene rings is 1. The van der Waals surface area contributed by atoms with Crippen molar-refractivity contribution in [2.75, 3.05) is 12.4 Å². The Kier molecular flexibility index (Phi) is 6.69. The van der Waals surface area contributed by atoms with Gasteiger partial charge in [0.25, 0.3) is 0 Å². The Morgan fingerprint density at radius 3 is 2.61 bits per heavy atom. The van der Waals surface area contributed by atoms with Crippen LogP contribution in [0.4, 0.5) is 5.13 Å². The topological polar surface area (TPSA) is 81.9 Å². The quantitative estimate of drug-likeness (QED) is 0.554. The normalized spacial score (nSPS) is 12.2. The molecule has 0 spiro atoms. The molecule has 0 aliphatic heterocycles. The van der Waals surface area contributed by atoms with E-state index in [-0.39, 0.29) is 11.2 Å². The Morgan fingerprint density at radius 2 is 2.00 bits per heavy atom. The molecule has 0 unspecified atom stereocenters. The molecule has 0 saturated carbocycles. The third kappa shape index (κ3) is 4.90. The lowest BCUT2D eigenvalue weighted by Crippen LogP contribution is -2.23. The number of methoxy groups -OCH3 is 1. The van der Waals surface area contributed by atoms with Crippen molar-refractivity contribution in [2.24, 2.45) is 5.92 Å². The van der Waals surface area contributed by atoms with Crippen molar-refractivity contribution >= 4 is 34.1 Å². The zero-order valence-electron chi connectivity index (χ0n) is 16.2. The van der Waals surface area contributed by atoms with Crippen LogP contribution < -0.4 is 10.1 Å². The monoisotopic (exact) mass is 417 g/mol. The molecule has 1 amide bonds. The molecule has 0 fully saturated rings. The van der Waals surface area contributed by atoms with E-state index in [2.05, 4.69) is 38.9 Å². The smallest absolute Gasteiger partial charge is 0.239 e. The lowest BCUT2D eigenvalue weighted by molar-refractivity contribution is -0.115. The van der Waals surface area contributed by atoms with Gasteiger partial charge in [0, 0.05) is 23.7 Å². The number of ether oxygens (including phenoxy) is 1. The van der Waals surface area contributed by atoms with Crippen LogP contribution in [0.1, 0.15) is 20.8 Å². The summed E-state index contributed by atoms with van der Waals surface area (Å²) in [4.78, 5) is 16.6. The first-order valence-corrected chi connectivity index (χ1v) is 10.7. The summed E-state index contributed by atoms with van der Waals surface area (Å²) in [5, 5.41) is 14.4. The number of hydrogen-bond acceptors (Lipinski definition) is 7. The van der Waals surface area contributed by atoms with Crippen LogP contribution >= 0.6 is 23.1 Å². The van der Waals surface area contributed by atoms with Crippen LogP contribution in [0.3, 0.4) is 0 Å². The van der Waals surface area contributed by atoms with E-state index in [1.165, 1.54) is 23.1 Å². The fourth-order valence-electron chi connectivity index (χ4n) is 2.56. The molecule has 1 atom stereocenters. The summed E-state index contributed by atoms with van der Waals surface area (Å²) in [5.41, 5.74) is 0.959. The number of aromatic nitrogens is 4. The van der Waals surface area contributed by atoms with E-state index in [0.29, 0.717) is 11.0 Å². The molecule has 1 N–H and O–H groups in total. The van der Waals surface area contributed by atoms with E-state index < -0.39 is 0 Å². The fourth-order valence-corrected chi connectivity index (χ4v) is 3.95. The Morgan fingerprint density at radius 1 is 1.25 bits per heavy atom. The van der Waals surface area contributed by atoms with Crippen LogP contribution in [0, 0.1) is 5.92 Å². The molecule has 1 aromatic carbocycles. The molecule has 2 heterocycles. The van der Waals surface area contributed by atoms with Gasteiger partial charge in [0.2, 0.25) is 5.91 Å². The number of carbonyl (C=O) groups is 1. The maximum absolute atomic E-state index is 12.5. The summed E-state index contributed by atoms with van der Waals surface area (Å²) in [5.74, 6) is 1.88. The molecule has 0 radical (unpaired) electrons. The van der Waals surface area contributed by atoms with Crippen molar-refractivity contribution in [1.82, 2.24) is 19.7 Å². The zero-order chi connectivity index (χ0) is 20.1. The summed E-state index contributed by atoms with van der Waals surface area (Å²) in [7, 11) is 1.64. The molecule has 0 aliphatic carbocycles. The van der Waals surface area contributed by atoms with Crippen LogP contribution in [-0.4, -0.2) is 38.0 Å². The minimum Gasteiger partial charge on any atom is -0.497 e. The summed E-state index contributed by atoms with van der Waals surface area (Å²) in [6.45, 7) is 6.91. The minimum absolute atomic E-state index is 0.106. The molecule has 2 aromatic heterocycles. The van der Waals surface area contributed by atoms with E-state index in [1.54, 1.807) is 13.3 Å². The fraction of sp³-hybridized carbons (Fsp3) is 0.368. The SMILES string of the molecule is COc1ccc(-c2nnc(S[C@H](C)C(=O)Nc3nccs3)n2CC(C)C)cc1. The number of amides is 1. The third-order valence-corrected chi connectivity index (χ3v) is 5.70. The molecular formula is C19H23N5O2S2. The van der Waals surface area contributed by atoms with Crippen molar-refractivity contribution in [2.45, 2.75) is 37.7 Å². The Balaban J connectivity index is 1.81. The average molecular weight is 418 g/mol. The first-order chi connectivity index (χ1) is 13.5. The molecule has 148 valence electrons. The van der Waals surface area contributed by atoms with Gasteiger partial charge >= 0.3 is 0 Å². The van der Waals surface area contributed by atoms with Gasteiger partial charge in [0.15, 0.2) is 16.1 Å². The van der Waals surface area contributed by atoms with Gasteiger partial charge in [-0.25, -0.2) is 4.98 Å². The predicted molar refractivity (Wildman–Crippen MR) is 113 cm³/mol. The molecule has 7 nitrogen and oxygen atoms in total. The third-order valence-electron chi connectivity index (χ3n) is 3.93. The lowest BCUT2D eigenvalue weighted by Gasteiger charge is -2.15. The first kappa shape index (κ1) is 20.3. The highest BCUT2D eigenvalue weighted by Crippen LogP contribution is 2.29. The number of rotatable bonds is 8. The Labute approximate surface area is 172 Å². The van der Waals surface area contributed by atoms with Gasteiger partial charge < -0.3 is 14.6 Å². The number of carbonyl (C=O) groups excluding carboxylic acids is 1. The van der Waals surface area contributed by atoms with E-state index in [9.17, 15) is 4.79 Å². The lowest BCUT2D eigenvalue weighted by atomic mass is 10.2. The number of hydrogen-bond donors (Lipinski definition) is 1. The van der Waals surface area contributed by atoms with Crippen molar-refractivity contribution in [3.63, 3.8) is 0 Å². The molecule has 0 bridgehead atoms. The molecule has 9 heteroatoms. The second-order valence-electron chi connectivity index (χ2n) is 6.63. The molecule has 3 rings (SSSR count). The van der Waals surface area contributed by atoms with Crippen molar-refractivity contribution in [3.05, 3.63) is 35.8 Å². The summed E-state index contributed by atoms with van der Waals surface area (Å²) in [6, 6.07) is 7.74. The molecule has 0 saturated heterocycles. The summed E-state index contributed by atoms with van der Waals surface area (Å²) < 4.78 is 7.31. The summed E-state index contributed by atoms with van der Waals surface area (Å²) in [6.07, 6.45) is 1.67. The number of thiazole rings is 1. The first-order valence-electron chi connectivity index (χ1n) is 8.92. The molecule has 28 heavy (non-hydrogen) atoms. The number of nitrogens with zero attached hydrogens (tertiary/aromatic N) is 4. The van der Waals surface area contributed by atoms with Crippen LogP contribution in [-0.2, 0) is 11.3 Å². The molecular weight excluding hydrogens is 394 g/mol. The maximum atomic E-state index is 12.5. The van der Waals surface area contributed by atoms with Crippen LogP contribution in [0.5, 0.6) is 5.75 Å². The maximum Gasteiger partial charge on any atom is 0.239 e. The van der Waals surface area contributed by atoms with Crippen molar-refractivity contribution in [3.8, 4) is 17.1 Å². The second-order valence-corrected chi connectivity index (χ2v) is 8.83. The number of nitrogens with one attached hydrogen (secondary N) is 1. The molecule has 0 aliphatic rings. The highest BCUT2D eigenvalue weighted by molar-refractivity contribution is 8.00.